The number of likely N-dealkylation sites (N-methyl/N-ethyl adjacent to an activating group) is 1. The summed E-state index contributed by atoms with van der Waals surface area (Å²) >= 11 is 0. The molecule has 15 heavy (non-hydrogen) atoms. The SMILES string of the molecule is CC1NC(C)N(CCN(C)C(C)C)C1=O. The zero-order valence-corrected chi connectivity index (χ0v) is 10.4. The summed E-state index contributed by atoms with van der Waals surface area (Å²) in [5, 5.41) is 3.23. The van der Waals surface area contributed by atoms with E-state index in [-0.39, 0.29) is 18.1 Å². The van der Waals surface area contributed by atoms with Crippen LogP contribution >= 0.6 is 0 Å². The van der Waals surface area contributed by atoms with E-state index >= 15 is 0 Å². The summed E-state index contributed by atoms with van der Waals surface area (Å²) in [6, 6.07) is 0.507. The lowest BCUT2D eigenvalue weighted by Crippen LogP contribution is -2.41. The van der Waals surface area contributed by atoms with Gasteiger partial charge in [0.1, 0.15) is 0 Å². The molecule has 1 fully saturated rings. The normalized spacial score (nSPS) is 27.1. The molecule has 1 amide bonds. The monoisotopic (exact) mass is 213 g/mol. The Morgan fingerprint density at radius 3 is 2.47 bits per heavy atom. The van der Waals surface area contributed by atoms with E-state index in [0.717, 1.165) is 13.1 Å². The fourth-order valence-corrected chi connectivity index (χ4v) is 1.79. The number of nitrogens with one attached hydrogen (secondary N) is 1. The smallest absolute Gasteiger partial charge is 0.240 e. The van der Waals surface area contributed by atoms with E-state index in [2.05, 4.69) is 31.1 Å². The van der Waals surface area contributed by atoms with Crippen molar-refractivity contribution in [3.05, 3.63) is 0 Å². The van der Waals surface area contributed by atoms with Crippen molar-refractivity contribution >= 4 is 5.91 Å². The van der Waals surface area contributed by atoms with Crippen molar-refractivity contribution in [2.75, 3.05) is 20.1 Å². The highest BCUT2D eigenvalue weighted by atomic mass is 16.2. The van der Waals surface area contributed by atoms with Crippen LogP contribution < -0.4 is 5.32 Å². The minimum Gasteiger partial charge on any atom is -0.325 e. The molecule has 1 aliphatic rings. The lowest BCUT2D eigenvalue weighted by atomic mass is 10.3. The van der Waals surface area contributed by atoms with Gasteiger partial charge in [0.15, 0.2) is 0 Å². The zero-order chi connectivity index (χ0) is 11.6. The van der Waals surface area contributed by atoms with Crippen molar-refractivity contribution in [3.8, 4) is 0 Å². The molecule has 0 aliphatic carbocycles. The van der Waals surface area contributed by atoms with Gasteiger partial charge in [-0.25, -0.2) is 0 Å². The molecule has 0 aromatic heterocycles. The van der Waals surface area contributed by atoms with Gasteiger partial charge in [-0.05, 0) is 34.7 Å². The molecule has 0 aromatic carbocycles. The topological polar surface area (TPSA) is 35.6 Å². The molecule has 2 atom stereocenters. The molecule has 2 unspecified atom stereocenters. The van der Waals surface area contributed by atoms with Crippen molar-refractivity contribution < 1.29 is 4.79 Å². The number of hydrogen-bond acceptors (Lipinski definition) is 3. The Kier molecular flexibility index (Phi) is 4.11. The molecule has 0 bridgehead atoms. The average molecular weight is 213 g/mol. The van der Waals surface area contributed by atoms with Gasteiger partial charge in [0.2, 0.25) is 5.91 Å². The fraction of sp³-hybridized carbons (Fsp3) is 0.909. The first-order chi connectivity index (χ1) is 6.93. The Morgan fingerprint density at radius 1 is 1.47 bits per heavy atom. The van der Waals surface area contributed by atoms with Crippen LogP contribution in [0.5, 0.6) is 0 Å². The quantitative estimate of drug-likeness (QED) is 0.738. The molecular formula is C11H23N3O. The van der Waals surface area contributed by atoms with E-state index < -0.39 is 0 Å². The summed E-state index contributed by atoms with van der Waals surface area (Å²) in [6.07, 6.45) is 0.174. The van der Waals surface area contributed by atoms with Crippen LogP contribution in [-0.4, -0.2) is 54.1 Å². The molecule has 4 heteroatoms. The summed E-state index contributed by atoms with van der Waals surface area (Å²) < 4.78 is 0. The van der Waals surface area contributed by atoms with Crippen LogP contribution in [0.2, 0.25) is 0 Å². The summed E-state index contributed by atoms with van der Waals surface area (Å²) in [4.78, 5) is 15.9. The van der Waals surface area contributed by atoms with Gasteiger partial charge in [0, 0.05) is 19.1 Å². The molecule has 1 aliphatic heterocycles. The molecule has 1 rings (SSSR count). The number of amides is 1. The highest BCUT2D eigenvalue weighted by Crippen LogP contribution is 2.09. The van der Waals surface area contributed by atoms with Crippen molar-refractivity contribution in [3.63, 3.8) is 0 Å². The number of carbonyl (C=O) groups excluding carboxylic acids is 1. The Bertz CT molecular complexity index is 230. The van der Waals surface area contributed by atoms with Crippen LogP contribution in [0.1, 0.15) is 27.7 Å². The Balaban J connectivity index is 2.42. The molecule has 1 heterocycles. The Morgan fingerprint density at radius 2 is 2.07 bits per heavy atom. The largest absolute Gasteiger partial charge is 0.325 e. The van der Waals surface area contributed by atoms with Gasteiger partial charge in [-0.2, -0.15) is 0 Å². The van der Waals surface area contributed by atoms with E-state index in [9.17, 15) is 4.79 Å². The molecule has 0 spiro atoms. The van der Waals surface area contributed by atoms with Crippen LogP contribution in [0.4, 0.5) is 0 Å². The first kappa shape index (κ1) is 12.5. The van der Waals surface area contributed by atoms with Gasteiger partial charge in [0.25, 0.3) is 0 Å². The van der Waals surface area contributed by atoms with Crippen LogP contribution in [0.3, 0.4) is 0 Å². The zero-order valence-electron chi connectivity index (χ0n) is 10.4. The molecule has 0 aromatic rings. The first-order valence-electron chi connectivity index (χ1n) is 5.70. The van der Waals surface area contributed by atoms with Crippen molar-refractivity contribution in [1.29, 1.82) is 0 Å². The maximum absolute atomic E-state index is 11.7. The standard InChI is InChI=1S/C11H23N3O/c1-8(2)13(5)6-7-14-10(4)12-9(3)11(14)15/h8-10,12H,6-7H2,1-5H3. The number of rotatable bonds is 4. The average Bonchev–Trinajstić information content (AvgIpc) is 2.38. The third-order valence-corrected chi connectivity index (χ3v) is 3.19. The third kappa shape index (κ3) is 2.92. The summed E-state index contributed by atoms with van der Waals surface area (Å²) in [5.41, 5.74) is 0. The molecular weight excluding hydrogens is 190 g/mol. The van der Waals surface area contributed by atoms with E-state index in [1.807, 2.05) is 18.7 Å². The molecule has 1 saturated heterocycles. The maximum Gasteiger partial charge on any atom is 0.240 e. The second-order valence-corrected chi connectivity index (χ2v) is 4.67. The minimum absolute atomic E-state index is 0.0237. The molecule has 88 valence electrons. The van der Waals surface area contributed by atoms with Crippen molar-refractivity contribution in [2.45, 2.75) is 45.9 Å². The molecule has 0 saturated carbocycles. The predicted molar refractivity (Wildman–Crippen MR) is 61.5 cm³/mol. The Hall–Kier alpha value is -0.610. The predicted octanol–water partition coefficient (Wildman–Crippen LogP) is 0.493. The summed E-state index contributed by atoms with van der Waals surface area (Å²) in [6.45, 7) is 10.0. The van der Waals surface area contributed by atoms with Gasteiger partial charge in [-0.3, -0.25) is 10.1 Å². The van der Waals surface area contributed by atoms with Crippen LogP contribution in [0.25, 0.3) is 0 Å². The number of hydrogen-bond donors (Lipinski definition) is 1. The van der Waals surface area contributed by atoms with Crippen molar-refractivity contribution in [1.82, 2.24) is 15.1 Å². The second kappa shape index (κ2) is 4.94. The number of nitrogens with zero attached hydrogens (tertiary/aromatic N) is 2. The van der Waals surface area contributed by atoms with E-state index in [0.29, 0.717) is 6.04 Å². The maximum atomic E-state index is 11.7. The molecule has 1 N–H and O–H groups in total. The van der Waals surface area contributed by atoms with Gasteiger partial charge in [0.05, 0.1) is 12.2 Å². The highest BCUT2D eigenvalue weighted by molar-refractivity contribution is 5.83. The van der Waals surface area contributed by atoms with Gasteiger partial charge in [-0.15, -0.1) is 0 Å². The summed E-state index contributed by atoms with van der Waals surface area (Å²) in [5.74, 6) is 0.222. The lowest BCUT2D eigenvalue weighted by molar-refractivity contribution is -0.129. The molecule has 0 radical (unpaired) electrons. The fourth-order valence-electron chi connectivity index (χ4n) is 1.79. The Labute approximate surface area is 92.6 Å². The van der Waals surface area contributed by atoms with Crippen LogP contribution in [-0.2, 0) is 4.79 Å². The van der Waals surface area contributed by atoms with E-state index in [1.54, 1.807) is 0 Å². The molecule has 4 nitrogen and oxygen atoms in total. The van der Waals surface area contributed by atoms with Crippen molar-refractivity contribution in [2.24, 2.45) is 0 Å². The van der Waals surface area contributed by atoms with Gasteiger partial charge >= 0.3 is 0 Å². The van der Waals surface area contributed by atoms with Gasteiger partial charge in [-0.1, -0.05) is 0 Å². The van der Waals surface area contributed by atoms with Crippen LogP contribution in [0.15, 0.2) is 0 Å². The van der Waals surface area contributed by atoms with Gasteiger partial charge < -0.3 is 9.80 Å². The highest BCUT2D eigenvalue weighted by Gasteiger charge is 2.32. The second-order valence-electron chi connectivity index (χ2n) is 4.67. The minimum atomic E-state index is -0.0237. The third-order valence-electron chi connectivity index (χ3n) is 3.19. The summed E-state index contributed by atoms with van der Waals surface area (Å²) in [7, 11) is 2.09. The number of carbonyl (C=O) groups is 1. The van der Waals surface area contributed by atoms with E-state index in [1.165, 1.54) is 0 Å². The first-order valence-corrected chi connectivity index (χ1v) is 5.70. The van der Waals surface area contributed by atoms with E-state index in [4.69, 9.17) is 0 Å². The van der Waals surface area contributed by atoms with Crippen LogP contribution in [0, 0.1) is 0 Å². The lowest BCUT2D eigenvalue weighted by Gasteiger charge is -2.26.